The van der Waals surface area contributed by atoms with Crippen molar-refractivity contribution in [1.29, 1.82) is 0 Å². The smallest absolute Gasteiger partial charge is 0.272 e. The number of nitrogens with one attached hydrogen (secondary N) is 1. The summed E-state index contributed by atoms with van der Waals surface area (Å²) in [5, 5.41) is 2.81. The average Bonchev–Trinajstić information content (AvgIpc) is 3.06. The molecule has 3 rings (SSSR count). The first-order valence-electron chi connectivity index (χ1n) is 8.56. The van der Waals surface area contributed by atoms with Gasteiger partial charge in [0.1, 0.15) is 10.6 Å². The van der Waals surface area contributed by atoms with E-state index in [2.05, 4.69) is 12.2 Å². The van der Waals surface area contributed by atoms with Crippen molar-refractivity contribution < 1.29 is 17.9 Å². The lowest BCUT2D eigenvalue weighted by molar-refractivity contribution is 0.0730. The number of ether oxygens (including phenoxy) is 1. The lowest BCUT2D eigenvalue weighted by Gasteiger charge is -2.25. The zero-order valence-corrected chi connectivity index (χ0v) is 15.8. The van der Waals surface area contributed by atoms with Crippen molar-refractivity contribution in [2.45, 2.75) is 18.2 Å². The number of sulfonamides is 1. The molecule has 1 aliphatic heterocycles. The zero-order chi connectivity index (χ0) is 18.7. The van der Waals surface area contributed by atoms with Crippen molar-refractivity contribution in [3.8, 4) is 0 Å². The van der Waals surface area contributed by atoms with Crippen LogP contribution >= 0.6 is 0 Å². The van der Waals surface area contributed by atoms with Crippen molar-refractivity contribution in [3.05, 3.63) is 47.8 Å². The van der Waals surface area contributed by atoms with Crippen LogP contribution in [-0.2, 0) is 28.2 Å². The van der Waals surface area contributed by atoms with Crippen molar-refractivity contribution in [3.63, 3.8) is 0 Å². The molecule has 1 aromatic heterocycles. The Kier molecular flexibility index (Phi) is 5.45. The molecule has 0 spiro atoms. The lowest BCUT2D eigenvalue weighted by Crippen LogP contribution is -2.40. The number of hydrogen-bond donors (Lipinski definition) is 1. The fourth-order valence-corrected chi connectivity index (χ4v) is 4.34. The number of benzene rings is 1. The summed E-state index contributed by atoms with van der Waals surface area (Å²) in [6.07, 6.45) is 2.40. The van der Waals surface area contributed by atoms with Gasteiger partial charge in [-0.3, -0.25) is 4.79 Å². The van der Waals surface area contributed by atoms with Gasteiger partial charge in [0.25, 0.3) is 5.91 Å². The molecule has 1 N–H and O–H groups in total. The first-order chi connectivity index (χ1) is 12.4. The van der Waals surface area contributed by atoms with Crippen LogP contribution in [0.3, 0.4) is 0 Å². The van der Waals surface area contributed by atoms with E-state index in [0.29, 0.717) is 32.0 Å². The number of morpholine rings is 1. The van der Waals surface area contributed by atoms with Crippen LogP contribution in [0, 0.1) is 0 Å². The van der Waals surface area contributed by atoms with Gasteiger partial charge < -0.3 is 14.6 Å². The minimum atomic E-state index is -3.63. The fraction of sp³-hybridized carbons (Fsp3) is 0.389. The minimum Gasteiger partial charge on any atom is -0.379 e. The summed E-state index contributed by atoms with van der Waals surface area (Å²) < 4.78 is 33.6. The van der Waals surface area contributed by atoms with Gasteiger partial charge in [-0.25, -0.2) is 8.42 Å². The van der Waals surface area contributed by atoms with Crippen LogP contribution in [0.15, 0.2) is 41.4 Å². The molecule has 0 unspecified atom stereocenters. The molecular formula is C18H23N3O4S. The molecule has 1 aromatic carbocycles. The van der Waals surface area contributed by atoms with E-state index in [1.807, 2.05) is 24.3 Å². The Morgan fingerprint density at radius 2 is 1.85 bits per heavy atom. The molecule has 7 nitrogen and oxygen atoms in total. The second-order valence-corrected chi connectivity index (χ2v) is 8.13. The predicted octanol–water partition coefficient (Wildman–Crippen LogP) is 1.86. The Morgan fingerprint density at radius 1 is 1.19 bits per heavy atom. The number of rotatable bonds is 5. The molecule has 1 amide bonds. The zero-order valence-electron chi connectivity index (χ0n) is 14.9. The largest absolute Gasteiger partial charge is 0.379 e. The third-order valence-corrected chi connectivity index (χ3v) is 6.30. The normalized spacial score (nSPS) is 15.8. The quantitative estimate of drug-likeness (QED) is 0.862. The predicted molar refractivity (Wildman–Crippen MR) is 98.8 cm³/mol. The highest BCUT2D eigenvalue weighted by molar-refractivity contribution is 7.89. The molecule has 26 heavy (non-hydrogen) atoms. The summed E-state index contributed by atoms with van der Waals surface area (Å²) in [4.78, 5) is 12.7. The van der Waals surface area contributed by atoms with Gasteiger partial charge in [-0.2, -0.15) is 4.31 Å². The number of aryl methyl sites for hydroxylation is 2. The van der Waals surface area contributed by atoms with E-state index in [1.165, 1.54) is 26.7 Å². The van der Waals surface area contributed by atoms with Gasteiger partial charge in [-0.1, -0.05) is 19.1 Å². The molecule has 140 valence electrons. The maximum atomic E-state index is 12.7. The number of nitrogens with zero attached hydrogens (tertiary/aromatic N) is 2. The highest BCUT2D eigenvalue weighted by Gasteiger charge is 2.28. The van der Waals surface area contributed by atoms with Crippen LogP contribution in [0.5, 0.6) is 0 Å². The summed E-state index contributed by atoms with van der Waals surface area (Å²) in [7, 11) is -1.97. The number of aromatic nitrogens is 1. The Balaban J connectivity index is 1.79. The number of hydrogen-bond acceptors (Lipinski definition) is 4. The maximum Gasteiger partial charge on any atom is 0.272 e. The van der Waals surface area contributed by atoms with Crippen LogP contribution in [0.25, 0.3) is 0 Å². The topological polar surface area (TPSA) is 80.6 Å². The van der Waals surface area contributed by atoms with E-state index in [9.17, 15) is 13.2 Å². The Labute approximate surface area is 153 Å². The SMILES string of the molecule is CCc1ccc(NC(=O)c2cc(S(=O)(=O)N3CCOCC3)cn2C)cc1. The van der Waals surface area contributed by atoms with Crippen LogP contribution in [-0.4, -0.2) is 49.5 Å². The summed E-state index contributed by atoms with van der Waals surface area (Å²) in [5.74, 6) is -0.347. The van der Waals surface area contributed by atoms with Crippen molar-refractivity contribution in [2.24, 2.45) is 7.05 Å². The van der Waals surface area contributed by atoms with Gasteiger partial charge in [-0.05, 0) is 30.2 Å². The standard InChI is InChI=1S/C18H23N3O4S/c1-3-14-4-6-15(7-5-14)19-18(22)17-12-16(13-20(17)2)26(23,24)21-8-10-25-11-9-21/h4-7,12-13H,3,8-11H2,1-2H3,(H,19,22). The number of anilines is 1. The van der Waals surface area contributed by atoms with Crippen molar-refractivity contribution in [1.82, 2.24) is 8.87 Å². The van der Waals surface area contributed by atoms with E-state index in [0.717, 1.165) is 6.42 Å². The molecule has 1 fully saturated rings. The van der Waals surface area contributed by atoms with Crippen molar-refractivity contribution >= 4 is 21.6 Å². The Hall–Kier alpha value is -2.16. The summed E-state index contributed by atoms with van der Waals surface area (Å²) in [6.45, 7) is 3.47. The second-order valence-electron chi connectivity index (χ2n) is 6.19. The van der Waals surface area contributed by atoms with Crippen LogP contribution in [0.1, 0.15) is 23.0 Å². The second kappa shape index (κ2) is 7.61. The van der Waals surface area contributed by atoms with E-state index in [-0.39, 0.29) is 16.5 Å². The first kappa shape index (κ1) is 18.6. The number of carbonyl (C=O) groups is 1. The van der Waals surface area contributed by atoms with E-state index in [1.54, 1.807) is 7.05 Å². The summed E-state index contributed by atoms with van der Waals surface area (Å²) >= 11 is 0. The van der Waals surface area contributed by atoms with E-state index in [4.69, 9.17) is 4.74 Å². The molecule has 0 aliphatic carbocycles. The Bertz CT molecular complexity index is 882. The summed E-state index contributed by atoms with van der Waals surface area (Å²) in [6, 6.07) is 9.00. The van der Waals surface area contributed by atoms with Crippen LogP contribution in [0.2, 0.25) is 0 Å². The monoisotopic (exact) mass is 377 g/mol. The third kappa shape index (κ3) is 3.82. The van der Waals surface area contributed by atoms with Gasteiger partial charge in [-0.15, -0.1) is 0 Å². The molecule has 0 atom stereocenters. The first-order valence-corrected chi connectivity index (χ1v) is 10.0. The minimum absolute atomic E-state index is 0.119. The van der Waals surface area contributed by atoms with Crippen LogP contribution < -0.4 is 5.32 Å². The number of carbonyl (C=O) groups excluding carboxylic acids is 1. The highest BCUT2D eigenvalue weighted by atomic mass is 32.2. The molecule has 1 aliphatic rings. The average molecular weight is 377 g/mol. The van der Waals surface area contributed by atoms with Crippen LogP contribution in [0.4, 0.5) is 5.69 Å². The van der Waals surface area contributed by atoms with Gasteiger partial charge in [0.2, 0.25) is 10.0 Å². The maximum absolute atomic E-state index is 12.7. The highest BCUT2D eigenvalue weighted by Crippen LogP contribution is 2.20. The fourth-order valence-electron chi connectivity index (χ4n) is 2.86. The molecule has 0 bridgehead atoms. The molecular weight excluding hydrogens is 354 g/mol. The molecule has 0 radical (unpaired) electrons. The lowest BCUT2D eigenvalue weighted by atomic mass is 10.1. The van der Waals surface area contributed by atoms with Gasteiger partial charge in [0, 0.05) is 32.0 Å². The van der Waals surface area contributed by atoms with E-state index >= 15 is 0 Å². The van der Waals surface area contributed by atoms with Gasteiger partial charge in [0.15, 0.2) is 0 Å². The third-order valence-electron chi connectivity index (χ3n) is 4.44. The van der Waals surface area contributed by atoms with Crippen molar-refractivity contribution in [2.75, 3.05) is 31.6 Å². The molecule has 8 heteroatoms. The summed E-state index contributed by atoms with van der Waals surface area (Å²) in [5.41, 5.74) is 2.14. The van der Waals surface area contributed by atoms with E-state index < -0.39 is 10.0 Å². The van der Waals surface area contributed by atoms with Gasteiger partial charge >= 0.3 is 0 Å². The molecule has 1 saturated heterocycles. The molecule has 2 heterocycles. The molecule has 2 aromatic rings. The Morgan fingerprint density at radius 3 is 2.46 bits per heavy atom. The molecule has 0 saturated carbocycles. The van der Waals surface area contributed by atoms with Gasteiger partial charge in [0.05, 0.1) is 13.2 Å². The number of amides is 1.